The normalized spacial score (nSPS) is 12.3. The van der Waals surface area contributed by atoms with Gasteiger partial charge in [-0.25, -0.2) is 9.67 Å². The Morgan fingerprint density at radius 1 is 0.800 bits per heavy atom. The Bertz CT molecular complexity index is 2330. The highest BCUT2D eigenvalue weighted by Gasteiger charge is 2.41. The molecule has 8 rings (SSSR count). The number of aryl methyl sites for hydroxylation is 1. The van der Waals surface area contributed by atoms with E-state index in [0.29, 0.717) is 11.0 Å². The monoisotopic (exact) mass is 654 g/mol. The highest BCUT2D eigenvalue weighted by molar-refractivity contribution is 6.03. The van der Waals surface area contributed by atoms with E-state index in [1.807, 2.05) is 73.7 Å². The molecule has 3 N–H and O–H groups in total. The Morgan fingerprint density at radius 3 is 2.00 bits per heavy atom. The van der Waals surface area contributed by atoms with Gasteiger partial charge in [0, 0.05) is 23.3 Å². The van der Waals surface area contributed by atoms with Crippen LogP contribution >= 0.6 is 0 Å². The number of amides is 1. The number of pyridine rings is 1. The Morgan fingerprint density at radius 2 is 1.42 bits per heavy atom. The second-order valence-corrected chi connectivity index (χ2v) is 12.4. The van der Waals surface area contributed by atoms with Crippen molar-refractivity contribution < 1.29 is 9.90 Å². The van der Waals surface area contributed by atoms with Gasteiger partial charge < -0.3 is 15.4 Å². The van der Waals surface area contributed by atoms with Gasteiger partial charge >= 0.3 is 0 Å². The molecule has 1 amide bonds. The number of nitrogens with zero attached hydrogens (tertiary/aromatic N) is 4. The van der Waals surface area contributed by atoms with Crippen LogP contribution in [0.3, 0.4) is 0 Å². The Kier molecular flexibility index (Phi) is 7.98. The number of carbonyl (C=O) groups is 1. The Balaban J connectivity index is 1.37. The number of hydrogen-bond acceptors (Lipinski definition) is 5. The number of H-pyrrole nitrogens is 1. The van der Waals surface area contributed by atoms with Gasteiger partial charge in [0.15, 0.2) is 5.82 Å². The van der Waals surface area contributed by atoms with Crippen LogP contribution in [0.2, 0.25) is 0 Å². The molecule has 0 radical (unpaired) electrons. The van der Waals surface area contributed by atoms with Crippen LogP contribution in [0.1, 0.15) is 44.5 Å². The average molecular weight is 655 g/mol. The molecule has 50 heavy (non-hydrogen) atoms. The Hall–Kier alpha value is -6.38. The van der Waals surface area contributed by atoms with Crippen molar-refractivity contribution in [2.75, 3.05) is 6.61 Å². The zero-order valence-corrected chi connectivity index (χ0v) is 27.4. The van der Waals surface area contributed by atoms with Crippen molar-refractivity contribution in [3.63, 3.8) is 0 Å². The lowest BCUT2D eigenvalue weighted by molar-refractivity contribution is 0.0907. The highest BCUT2D eigenvalue weighted by Crippen LogP contribution is 2.44. The maximum Gasteiger partial charge on any atom is 0.287 e. The van der Waals surface area contributed by atoms with Gasteiger partial charge in [-0.3, -0.25) is 9.78 Å². The van der Waals surface area contributed by atoms with E-state index in [4.69, 9.17) is 10.1 Å². The number of benzene rings is 5. The molecule has 3 aromatic heterocycles. The van der Waals surface area contributed by atoms with Crippen LogP contribution in [0.5, 0.6) is 0 Å². The number of aliphatic hydroxyl groups is 1. The number of aliphatic hydroxyl groups excluding tert-OH is 1. The van der Waals surface area contributed by atoms with Gasteiger partial charge in [0.2, 0.25) is 0 Å². The van der Waals surface area contributed by atoms with E-state index in [9.17, 15) is 9.90 Å². The summed E-state index contributed by atoms with van der Waals surface area (Å²) in [6, 6.07) is 46.3. The molecule has 3 heterocycles. The molecule has 0 spiro atoms. The van der Waals surface area contributed by atoms with Crippen molar-refractivity contribution in [1.82, 2.24) is 30.0 Å². The molecule has 0 unspecified atom stereocenters. The van der Waals surface area contributed by atoms with Crippen molar-refractivity contribution in [2.24, 2.45) is 0 Å². The third-order valence-electron chi connectivity index (χ3n) is 9.28. The van der Waals surface area contributed by atoms with E-state index in [0.717, 1.165) is 50.0 Å². The topological polar surface area (TPSA) is 109 Å². The lowest BCUT2D eigenvalue weighted by Crippen LogP contribution is -2.38. The summed E-state index contributed by atoms with van der Waals surface area (Å²) in [7, 11) is 0. The van der Waals surface area contributed by atoms with Gasteiger partial charge in [0.05, 0.1) is 29.2 Å². The van der Waals surface area contributed by atoms with E-state index >= 15 is 0 Å². The van der Waals surface area contributed by atoms with Crippen LogP contribution in [0, 0.1) is 6.92 Å². The second-order valence-electron chi connectivity index (χ2n) is 12.4. The highest BCUT2D eigenvalue weighted by atomic mass is 16.3. The summed E-state index contributed by atoms with van der Waals surface area (Å²) in [4.78, 5) is 25.9. The fourth-order valence-corrected chi connectivity index (χ4v) is 6.96. The lowest BCUT2D eigenvalue weighted by Gasteiger charge is -2.37. The van der Waals surface area contributed by atoms with Crippen molar-refractivity contribution >= 4 is 27.8 Å². The van der Waals surface area contributed by atoms with Crippen LogP contribution in [0.25, 0.3) is 33.2 Å². The molecule has 0 aliphatic heterocycles. The number of nitrogens with one attached hydrogen (secondary N) is 2. The van der Waals surface area contributed by atoms with Crippen molar-refractivity contribution in [3.8, 4) is 11.3 Å². The number of aromatic amines is 1. The molecule has 0 saturated heterocycles. The third kappa shape index (κ3) is 5.32. The Labute approximate surface area is 289 Å². The number of fused-ring (bicyclic) bond motifs is 2. The van der Waals surface area contributed by atoms with E-state index in [1.54, 1.807) is 12.4 Å². The molecule has 244 valence electrons. The van der Waals surface area contributed by atoms with Gasteiger partial charge in [0.25, 0.3) is 5.91 Å². The smallest absolute Gasteiger partial charge is 0.287 e. The van der Waals surface area contributed by atoms with Crippen molar-refractivity contribution in [1.29, 1.82) is 0 Å². The van der Waals surface area contributed by atoms with Gasteiger partial charge in [0.1, 0.15) is 11.2 Å². The van der Waals surface area contributed by atoms with E-state index in [2.05, 4.69) is 92.8 Å². The minimum absolute atomic E-state index is 0.157. The third-order valence-corrected chi connectivity index (χ3v) is 9.28. The largest absolute Gasteiger partial charge is 0.394 e. The number of aromatic nitrogens is 5. The summed E-state index contributed by atoms with van der Waals surface area (Å²) >= 11 is 0. The van der Waals surface area contributed by atoms with Gasteiger partial charge in [-0.2, -0.15) is 5.10 Å². The van der Waals surface area contributed by atoms with Crippen molar-refractivity contribution in [3.05, 3.63) is 186 Å². The van der Waals surface area contributed by atoms with Gasteiger partial charge in [-0.15, -0.1) is 0 Å². The molecule has 0 bridgehead atoms. The zero-order chi connectivity index (χ0) is 34.1. The van der Waals surface area contributed by atoms with E-state index in [1.165, 1.54) is 0 Å². The lowest BCUT2D eigenvalue weighted by atomic mass is 9.77. The number of carbonyl (C=O) groups excluding carboxylic acids is 1. The molecule has 0 fully saturated rings. The molecule has 0 saturated carbocycles. The van der Waals surface area contributed by atoms with Crippen LogP contribution in [0.15, 0.2) is 152 Å². The van der Waals surface area contributed by atoms with Gasteiger partial charge in [-0.1, -0.05) is 121 Å². The molecule has 5 aromatic carbocycles. The predicted octanol–water partition coefficient (Wildman–Crippen LogP) is 7.59. The number of imidazole rings is 1. The minimum Gasteiger partial charge on any atom is -0.394 e. The molecular weight excluding hydrogens is 621 g/mol. The first-order valence-corrected chi connectivity index (χ1v) is 16.5. The minimum atomic E-state index is -0.872. The molecule has 8 aromatic rings. The van der Waals surface area contributed by atoms with Crippen LogP contribution in [0.4, 0.5) is 0 Å². The first kappa shape index (κ1) is 30.9. The second kappa shape index (κ2) is 12.9. The summed E-state index contributed by atoms with van der Waals surface area (Å²) in [6.07, 6.45) is 3.53. The SMILES string of the molecule is Cc1cccc([C@@H](CO)NC(=O)c2nc3cc4c(-c5ccncc5)nn(C(c5ccccc5)(c5ccccc5)c5ccccc5)c4cc3[nH]2)c1. The first-order chi connectivity index (χ1) is 24.6. The van der Waals surface area contributed by atoms with Crippen molar-refractivity contribution in [2.45, 2.75) is 18.5 Å². The van der Waals surface area contributed by atoms with Crippen LogP contribution < -0.4 is 5.32 Å². The molecular formula is C42H34N6O2. The molecule has 8 nitrogen and oxygen atoms in total. The molecule has 0 aliphatic carbocycles. The summed E-state index contributed by atoms with van der Waals surface area (Å²) in [5, 5.41) is 19.5. The standard InChI is InChI=1S/C42H34N6O2/c1-28-12-11-13-30(24-28)37(27-49)46-41(50)40-44-35-25-34-38(26-36(35)45-40)48(47-39(34)29-20-22-43-23-21-29)42(31-14-5-2-6-15-31,32-16-7-3-8-17-32)33-18-9-4-10-19-33/h2-26,37,49H,27H2,1H3,(H,44,45)(H,46,50)/t37-/m1/s1. The van der Waals surface area contributed by atoms with Crippen LogP contribution in [-0.4, -0.2) is 42.4 Å². The number of hydrogen-bond donors (Lipinski definition) is 3. The zero-order valence-electron chi connectivity index (χ0n) is 27.4. The molecule has 8 heteroatoms. The fraction of sp³-hybridized carbons (Fsp3) is 0.0952. The quantitative estimate of drug-likeness (QED) is 0.139. The van der Waals surface area contributed by atoms with Crippen LogP contribution in [-0.2, 0) is 5.54 Å². The maximum absolute atomic E-state index is 13.6. The molecule has 1 atom stereocenters. The predicted molar refractivity (Wildman–Crippen MR) is 196 cm³/mol. The molecule has 0 aliphatic rings. The summed E-state index contributed by atoms with van der Waals surface area (Å²) < 4.78 is 2.11. The van der Waals surface area contributed by atoms with E-state index in [-0.39, 0.29) is 12.4 Å². The number of rotatable bonds is 9. The first-order valence-electron chi connectivity index (χ1n) is 16.5. The summed E-state index contributed by atoms with van der Waals surface area (Å²) in [6.45, 7) is 1.73. The average Bonchev–Trinajstić information content (AvgIpc) is 3.76. The fourth-order valence-electron chi connectivity index (χ4n) is 6.96. The van der Waals surface area contributed by atoms with E-state index < -0.39 is 17.5 Å². The summed E-state index contributed by atoms with van der Waals surface area (Å²) in [5.41, 5.74) is 7.95. The summed E-state index contributed by atoms with van der Waals surface area (Å²) in [5.74, 6) is -0.252. The maximum atomic E-state index is 13.6. The van der Waals surface area contributed by atoms with Gasteiger partial charge in [-0.05, 0) is 53.4 Å².